The van der Waals surface area contributed by atoms with Crippen LogP contribution in [0.5, 0.6) is 0 Å². The van der Waals surface area contributed by atoms with Crippen LogP contribution in [-0.2, 0) is 6.42 Å². The standard InChI is InChI=1S/C12H19N3O2/c1-4-10-11(9(3)14-17-10)12(16)15-6-5-13-8(2)7-15/h8,13H,4-7H2,1-3H3/t8-/m1/s1. The number of rotatable bonds is 2. The molecule has 1 aliphatic rings. The summed E-state index contributed by atoms with van der Waals surface area (Å²) in [6, 6.07) is 0.345. The van der Waals surface area contributed by atoms with Gasteiger partial charge in [0, 0.05) is 32.1 Å². The van der Waals surface area contributed by atoms with Crippen molar-refractivity contribution in [2.75, 3.05) is 19.6 Å². The van der Waals surface area contributed by atoms with E-state index >= 15 is 0 Å². The monoisotopic (exact) mass is 237 g/mol. The molecule has 1 fully saturated rings. The van der Waals surface area contributed by atoms with Crippen LogP contribution in [0.15, 0.2) is 4.52 Å². The molecule has 0 aromatic carbocycles. The first-order chi connectivity index (χ1) is 8.13. The quantitative estimate of drug-likeness (QED) is 0.833. The van der Waals surface area contributed by atoms with Crippen LogP contribution < -0.4 is 5.32 Å². The SMILES string of the molecule is CCc1onc(C)c1C(=O)N1CCN[C@H](C)C1. The van der Waals surface area contributed by atoms with E-state index in [0.717, 1.165) is 19.6 Å². The van der Waals surface area contributed by atoms with E-state index in [4.69, 9.17) is 4.52 Å². The molecule has 17 heavy (non-hydrogen) atoms. The normalized spacial score (nSPS) is 20.6. The first-order valence-corrected chi connectivity index (χ1v) is 6.11. The molecule has 1 amide bonds. The summed E-state index contributed by atoms with van der Waals surface area (Å²) in [6.07, 6.45) is 0.698. The molecule has 5 heteroatoms. The maximum absolute atomic E-state index is 12.4. The summed E-state index contributed by atoms with van der Waals surface area (Å²) >= 11 is 0. The van der Waals surface area contributed by atoms with Crippen LogP contribution in [0.4, 0.5) is 0 Å². The van der Waals surface area contributed by atoms with Gasteiger partial charge in [-0.25, -0.2) is 0 Å². The Morgan fingerprint density at radius 2 is 2.41 bits per heavy atom. The lowest BCUT2D eigenvalue weighted by atomic mass is 10.1. The van der Waals surface area contributed by atoms with E-state index in [1.54, 1.807) is 0 Å². The number of hydrogen-bond acceptors (Lipinski definition) is 4. The van der Waals surface area contributed by atoms with Crippen molar-refractivity contribution in [2.45, 2.75) is 33.2 Å². The second-order valence-corrected chi connectivity index (χ2v) is 4.53. The van der Waals surface area contributed by atoms with Gasteiger partial charge in [0.25, 0.3) is 5.91 Å². The lowest BCUT2D eigenvalue weighted by Gasteiger charge is -2.31. The van der Waals surface area contributed by atoms with Crippen molar-refractivity contribution in [1.29, 1.82) is 0 Å². The van der Waals surface area contributed by atoms with Gasteiger partial charge in [0.15, 0.2) is 0 Å². The van der Waals surface area contributed by atoms with Crippen LogP contribution in [0.25, 0.3) is 0 Å². The molecule has 0 radical (unpaired) electrons. The summed E-state index contributed by atoms with van der Waals surface area (Å²) in [5, 5.41) is 7.21. The molecule has 0 saturated carbocycles. The van der Waals surface area contributed by atoms with Crippen LogP contribution >= 0.6 is 0 Å². The van der Waals surface area contributed by atoms with Gasteiger partial charge in [0.1, 0.15) is 11.3 Å². The van der Waals surface area contributed by atoms with Crippen molar-refractivity contribution in [3.63, 3.8) is 0 Å². The summed E-state index contributed by atoms with van der Waals surface area (Å²) in [4.78, 5) is 14.3. The van der Waals surface area contributed by atoms with Crippen molar-refractivity contribution in [3.05, 3.63) is 17.0 Å². The third-order valence-electron chi connectivity index (χ3n) is 3.12. The fourth-order valence-electron chi connectivity index (χ4n) is 2.21. The molecule has 94 valence electrons. The Morgan fingerprint density at radius 1 is 1.65 bits per heavy atom. The van der Waals surface area contributed by atoms with Gasteiger partial charge in [0.2, 0.25) is 0 Å². The van der Waals surface area contributed by atoms with E-state index in [2.05, 4.69) is 17.4 Å². The number of carbonyl (C=O) groups is 1. The lowest BCUT2D eigenvalue weighted by Crippen LogP contribution is -2.51. The number of hydrogen-bond donors (Lipinski definition) is 1. The van der Waals surface area contributed by atoms with Crippen LogP contribution in [0.1, 0.15) is 35.7 Å². The third kappa shape index (κ3) is 2.34. The number of amides is 1. The largest absolute Gasteiger partial charge is 0.360 e. The number of carbonyl (C=O) groups excluding carboxylic acids is 1. The molecular weight excluding hydrogens is 218 g/mol. The van der Waals surface area contributed by atoms with Crippen LogP contribution in [0.3, 0.4) is 0 Å². The Morgan fingerprint density at radius 3 is 3.06 bits per heavy atom. The van der Waals surface area contributed by atoms with E-state index in [1.165, 1.54) is 0 Å². The lowest BCUT2D eigenvalue weighted by molar-refractivity contribution is 0.0706. The first-order valence-electron chi connectivity index (χ1n) is 6.11. The molecule has 2 heterocycles. The van der Waals surface area contributed by atoms with E-state index in [0.29, 0.717) is 29.5 Å². The second kappa shape index (κ2) is 4.87. The van der Waals surface area contributed by atoms with Crippen molar-refractivity contribution < 1.29 is 9.32 Å². The van der Waals surface area contributed by atoms with Crippen molar-refractivity contribution in [1.82, 2.24) is 15.4 Å². The highest BCUT2D eigenvalue weighted by molar-refractivity contribution is 5.96. The highest BCUT2D eigenvalue weighted by atomic mass is 16.5. The van der Waals surface area contributed by atoms with E-state index < -0.39 is 0 Å². The number of nitrogens with zero attached hydrogens (tertiary/aromatic N) is 2. The molecule has 1 aliphatic heterocycles. The summed E-state index contributed by atoms with van der Waals surface area (Å²) in [7, 11) is 0. The Balaban J connectivity index is 2.21. The highest BCUT2D eigenvalue weighted by Crippen LogP contribution is 2.17. The van der Waals surface area contributed by atoms with Gasteiger partial charge in [-0.1, -0.05) is 12.1 Å². The number of nitrogens with one attached hydrogen (secondary N) is 1. The molecule has 1 aromatic rings. The van der Waals surface area contributed by atoms with Crippen LogP contribution in [0, 0.1) is 6.92 Å². The summed E-state index contributed by atoms with van der Waals surface area (Å²) in [5.74, 6) is 0.743. The van der Waals surface area contributed by atoms with E-state index in [1.807, 2.05) is 18.7 Å². The van der Waals surface area contributed by atoms with Crippen molar-refractivity contribution >= 4 is 5.91 Å². The molecule has 0 unspecified atom stereocenters. The Hall–Kier alpha value is -1.36. The van der Waals surface area contributed by atoms with Crippen LogP contribution in [0.2, 0.25) is 0 Å². The summed E-state index contributed by atoms with van der Waals surface area (Å²) < 4.78 is 5.17. The van der Waals surface area contributed by atoms with Gasteiger partial charge in [-0.15, -0.1) is 0 Å². The first kappa shape index (κ1) is 12.1. The predicted molar refractivity (Wildman–Crippen MR) is 64.0 cm³/mol. The number of aryl methyl sites for hydroxylation is 2. The van der Waals surface area contributed by atoms with E-state index in [9.17, 15) is 4.79 Å². The molecule has 5 nitrogen and oxygen atoms in total. The molecule has 0 bridgehead atoms. The minimum absolute atomic E-state index is 0.0500. The molecule has 1 saturated heterocycles. The van der Waals surface area contributed by atoms with Crippen LogP contribution in [-0.4, -0.2) is 41.6 Å². The Bertz CT molecular complexity index is 414. The topological polar surface area (TPSA) is 58.4 Å². The molecular formula is C12H19N3O2. The highest BCUT2D eigenvalue weighted by Gasteiger charge is 2.27. The minimum atomic E-state index is 0.0500. The van der Waals surface area contributed by atoms with Gasteiger partial charge >= 0.3 is 0 Å². The number of aromatic nitrogens is 1. The fourth-order valence-corrected chi connectivity index (χ4v) is 2.21. The molecule has 1 N–H and O–H groups in total. The third-order valence-corrected chi connectivity index (χ3v) is 3.12. The Kier molecular flexibility index (Phi) is 3.47. The van der Waals surface area contributed by atoms with Crippen molar-refractivity contribution in [2.24, 2.45) is 0 Å². The van der Waals surface area contributed by atoms with Crippen molar-refractivity contribution in [3.8, 4) is 0 Å². The molecule has 0 spiro atoms. The summed E-state index contributed by atoms with van der Waals surface area (Å²) in [6.45, 7) is 8.21. The van der Waals surface area contributed by atoms with Gasteiger partial charge in [-0.05, 0) is 13.8 Å². The van der Waals surface area contributed by atoms with Gasteiger partial charge in [0.05, 0.1) is 5.69 Å². The maximum Gasteiger partial charge on any atom is 0.259 e. The van der Waals surface area contributed by atoms with Gasteiger partial charge < -0.3 is 14.7 Å². The molecule has 2 rings (SSSR count). The van der Waals surface area contributed by atoms with E-state index in [-0.39, 0.29) is 5.91 Å². The zero-order valence-electron chi connectivity index (χ0n) is 10.6. The predicted octanol–water partition coefficient (Wildman–Crippen LogP) is 0.979. The zero-order valence-corrected chi connectivity index (χ0v) is 10.6. The fraction of sp³-hybridized carbons (Fsp3) is 0.667. The molecule has 1 atom stereocenters. The molecule has 0 aliphatic carbocycles. The Labute approximate surface area is 101 Å². The maximum atomic E-state index is 12.4. The average Bonchev–Trinajstić information content (AvgIpc) is 2.69. The zero-order chi connectivity index (χ0) is 12.4. The number of piperazine rings is 1. The molecule has 1 aromatic heterocycles. The minimum Gasteiger partial charge on any atom is -0.360 e. The van der Waals surface area contributed by atoms with Gasteiger partial charge in [-0.2, -0.15) is 0 Å². The van der Waals surface area contributed by atoms with Gasteiger partial charge in [-0.3, -0.25) is 4.79 Å². The average molecular weight is 237 g/mol. The summed E-state index contributed by atoms with van der Waals surface area (Å²) in [5.41, 5.74) is 1.35. The second-order valence-electron chi connectivity index (χ2n) is 4.53. The smallest absolute Gasteiger partial charge is 0.259 e.